The lowest BCUT2D eigenvalue weighted by atomic mass is 9.98. The average molecular weight is 305 g/mol. The van der Waals surface area contributed by atoms with Crippen LogP contribution in [0.4, 0.5) is 0 Å². The van der Waals surface area contributed by atoms with Crippen molar-refractivity contribution in [1.29, 1.82) is 0 Å². The van der Waals surface area contributed by atoms with Gasteiger partial charge >= 0.3 is 0 Å². The predicted molar refractivity (Wildman–Crippen MR) is 110 cm³/mol. The molecule has 1 aromatic rings. The van der Waals surface area contributed by atoms with E-state index in [0.29, 0.717) is 0 Å². The summed E-state index contributed by atoms with van der Waals surface area (Å²) in [6.45, 7) is 22.0. The Labute approximate surface area is 141 Å². The first-order chi connectivity index (χ1) is 10.2. The first kappa shape index (κ1) is 28.6. The summed E-state index contributed by atoms with van der Waals surface area (Å²) in [4.78, 5) is 0. The zero-order chi connectivity index (χ0) is 17.3. The quantitative estimate of drug-likeness (QED) is 0.494. The van der Waals surface area contributed by atoms with Crippen molar-refractivity contribution in [3.63, 3.8) is 0 Å². The van der Waals surface area contributed by atoms with Gasteiger partial charge in [-0.25, -0.2) is 0 Å². The molecule has 0 saturated heterocycles. The number of benzene rings is 1. The molecule has 0 heteroatoms. The highest BCUT2D eigenvalue weighted by molar-refractivity contribution is 5.76. The van der Waals surface area contributed by atoms with Crippen LogP contribution in [0.1, 0.15) is 72.6 Å². The summed E-state index contributed by atoms with van der Waals surface area (Å²) < 4.78 is 0. The topological polar surface area (TPSA) is 0 Å². The van der Waals surface area contributed by atoms with Crippen LogP contribution in [0.3, 0.4) is 0 Å². The molecule has 0 bridgehead atoms. The minimum absolute atomic E-state index is 0. The van der Waals surface area contributed by atoms with E-state index < -0.39 is 0 Å². The Hall–Kier alpha value is -1.56. The maximum Gasteiger partial charge on any atom is -0.0155 e. The highest BCUT2D eigenvalue weighted by atomic mass is 14.1. The van der Waals surface area contributed by atoms with E-state index in [1.807, 2.05) is 47.6 Å². The van der Waals surface area contributed by atoms with Gasteiger partial charge in [-0.2, -0.15) is 0 Å². The molecule has 128 valence electrons. The van der Waals surface area contributed by atoms with E-state index in [4.69, 9.17) is 0 Å². The van der Waals surface area contributed by atoms with Crippen molar-refractivity contribution >= 4 is 5.57 Å². The zero-order valence-corrected chi connectivity index (χ0v) is 15.7. The second-order valence-corrected chi connectivity index (χ2v) is 3.66. The molecule has 0 radical (unpaired) electrons. The summed E-state index contributed by atoms with van der Waals surface area (Å²) in [6.07, 6.45) is 7.99. The largest absolute Gasteiger partial charge is 0.0991 e. The van der Waals surface area contributed by atoms with Crippen molar-refractivity contribution in [3.05, 3.63) is 65.8 Å². The molecule has 0 nitrogen and oxygen atoms in total. The van der Waals surface area contributed by atoms with Gasteiger partial charge in [0.1, 0.15) is 0 Å². The summed E-state index contributed by atoms with van der Waals surface area (Å²) in [7, 11) is 0. The molecular weight excluding hydrogens is 264 g/mol. The maximum absolute atomic E-state index is 3.69. The molecule has 0 spiro atoms. The van der Waals surface area contributed by atoms with Crippen LogP contribution >= 0.6 is 0 Å². The summed E-state index contributed by atoms with van der Waals surface area (Å²) >= 11 is 0. The minimum atomic E-state index is 0. The second kappa shape index (κ2) is 21.7. The molecule has 0 aliphatic rings. The number of hydrogen-bond donors (Lipinski definition) is 0. The summed E-state index contributed by atoms with van der Waals surface area (Å²) in [5, 5.41) is 0. The molecule has 0 heterocycles. The molecule has 22 heavy (non-hydrogen) atoms. The van der Waals surface area contributed by atoms with Crippen LogP contribution < -0.4 is 0 Å². The van der Waals surface area contributed by atoms with E-state index in [-0.39, 0.29) is 7.43 Å². The lowest BCUT2D eigenvalue weighted by Gasteiger charge is -2.07. The van der Waals surface area contributed by atoms with E-state index in [0.717, 1.165) is 0 Å². The van der Waals surface area contributed by atoms with Crippen LogP contribution in [0.5, 0.6) is 0 Å². The summed E-state index contributed by atoms with van der Waals surface area (Å²) in [5.74, 6) is 0. The van der Waals surface area contributed by atoms with Crippen molar-refractivity contribution < 1.29 is 0 Å². The summed E-state index contributed by atoms with van der Waals surface area (Å²) in [5.41, 5.74) is 5.15. The SMILES string of the molecule is C.C=C/C=C\C(=C/C)c1cc(C)ccc1C.CC.CC.CC. The van der Waals surface area contributed by atoms with Gasteiger partial charge in [-0.15, -0.1) is 0 Å². The smallest absolute Gasteiger partial charge is 0.0155 e. The Morgan fingerprint density at radius 2 is 1.45 bits per heavy atom. The van der Waals surface area contributed by atoms with Gasteiger partial charge in [0.15, 0.2) is 0 Å². The van der Waals surface area contributed by atoms with Crippen LogP contribution in [0.15, 0.2) is 49.1 Å². The first-order valence-corrected chi connectivity index (χ1v) is 8.22. The van der Waals surface area contributed by atoms with E-state index in [9.17, 15) is 0 Å². The lowest BCUT2D eigenvalue weighted by Crippen LogP contribution is -1.87. The van der Waals surface area contributed by atoms with Crippen LogP contribution in [-0.4, -0.2) is 0 Å². The third kappa shape index (κ3) is 12.2. The molecular formula is C22H40. The highest BCUT2D eigenvalue weighted by Crippen LogP contribution is 2.21. The Kier molecular flexibility index (Phi) is 28.2. The monoisotopic (exact) mass is 304 g/mol. The van der Waals surface area contributed by atoms with Gasteiger partial charge in [0.05, 0.1) is 0 Å². The van der Waals surface area contributed by atoms with Gasteiger partial charge in [0, 0.05) is 0 Å². The van der Waals surface area contributed by atoms with Gasteiger partial charge < -0.3 is 0 Å². The van der Waals surface area contributed by atoms with E-state index in [2.05, 4.69) is 57.7 Å². The minimum Gasteiger partial charge on any atom is -0.0991 e. The number of allylic oxidation sites excluding steroid dienone is 5. The van der Waals surface area contributed by atoms with Crippen molar-refractivity contribution in [1.82, 2.24) is 0 Å². The predicted octanol–water partition coefficient (Wildman–Crippen LogP) is 8.16. The zero-order valence-electron chi connectivity index (χ0n) is 15.7. The second-order valence-electron chi connectivity index (χ2n) is 3.66. The van der Waals surface area contributed by atoms with Gasteiger partial charge in [0.2, 0.25) is 0 Å². The normalized spacial score (nSPS) is 9.05. The molecule has 0 amide bonds. The van der Waals surface area contributed by atoms with Crippen molar-refractivity contribution in [2.24, 2.45) is 0 Å². The van der Waals surface area contributed by atoms with Gasteiger partial charge in [-0.3, -0.25) is 0 Å². The molecule has 1 aromatic carbocycles. The van der Waals surface area contributed by atoms with Crippen LogP contribution in [-0.2, 0) is 0 Å². The fourth-order valence-electron chi connectivity index (χ4n) is 1.56. The van der Waals surface area contributed by atoms with Crippen LogP contribution in [0.2, 0.25) is 0 Å². The molecule has 0 fully saturated rings. The van der Waals surface area contributed by atoms with Crippen LogP contribution in [0.25, 0.3) is 5.57 Å². The Balaban J connectivity index is -0.000000206. The van der Waals surface area contributed by atoms with E-state index in [1.165, 1.54) is 22.3 Å². The molecule has 0 atom stereocenters. The lowest BCUT2D eigenvalue weighted by molar-refractivity contribution is 1.36. The molecule has 0 aromatic heterocycles. The van der Waals surface area contributed by atoms with Gasteiger partial charge in [0.25, 0.3) is 0 Å². The Bertz CT molecular complexity index is 406. The van der Waals surface area contributed by atoms with Gasteiger partial charge in [-0.05, 0) is 37.5 Å². The third-order valence-electron chi connectivity index (χ3n) is 2.43. The molecule has 0 aliphatic carbocycles. The number of hydrogen-bond acceptors (Lipinski definition) is 0. The Morgan fingerprint density at radius 3 is 1.86 bits per heavy atom. The fourth-order valence-corrected chi connectivity index (χ4v) is 1.56. The molecule has 0 N–H and O–H groups in total. The van der Waals surface area contributed by atoms with Crippen molar-refractivity contribution in [3.8, 4) is 0 Å². The molecule has 0 aliphatic heterocycles. The first-order valence-electron chi connectivity index (χ1n) is 8.22. The van der Waals surface area contributed by atoms with Crippen LogP contribution in [0, 0.1) is 13.8 Å². The average Bonchev–Trinajstić information content (AvgIpc) is 2.57. The Morgan fingerprint density at radius 1 is 0.955 bits per heavy atom. The number of aryl methyl sites for hydroxylation is 2. The van der Waals surface area contributed by atoms with E-state index in [1.54, 1.807) is 6.08 Å². The highest BCUT2D eigenvalue weighted by Gasteiger charge is 2.01. The number of rotatable bonds is 3. The van der Waals surface area contributed by atoms with Crippen molar-refractivity contribution in [2.75, 3.05) is 0 Å². The standard InChI is InChI=1S/C15H18.3C2H6.CH4/c1-5-7-8-14(6-2)15-11-12(3)9-10-13(15)4;3*1-2;/h5-11H,1H2,2-4H3;3*1-2H3;1H4/b8-7-,14-6+;;;;. The molecule has 0 saturated carbocycles. The maximum atomic E-state index is 3.69. The van der Waals surface area contributed by atoms with E-state index >= 15 is 0 Å². The third-order valence-corrected chi connectivity index (χ3v) is 2.43. The fraction of sp³-hybridized carbons (Fsp3) is 0.455. The van der Waals surface area contributed by atoms with Gasteiger partial charge in [-0.1, -0.05) is 104 Å². The van der Waals surface area contributed by atoms with Crippen molar-refractivity contribution in [2.45, 2.75) is 69.7 Å². The molecule has 0 unspecified atom stereocenters. The molecule has 1 rings (SSSR count). The summed E-state index contributed by atoms with van der Waals surface area (Å²) in [6, 6.07) is 6.53.